The molecule has 0 amide bonds. The Morgan fingerprint density at radius 1 is 1.33 bits per heavy atom. The summed E-state index contributed by atoms with van der Waals surface area (Å²) in [5, 5.41) is 0. The standard InChI is InChI=1S/C13H18S2/c1-10(8-14)9-15-13-6-5-11-3-2-4-12(11)7-13/h5-7,10,14H,2-4,8-9H2,1H3. The minimum Gasteiger partial charge on any atom is -0.179 e. The average Bonchev–Trinajstić information content (AvgIpc) is 2.72. The minimum absolute atomic E-state index is 0.701. The van der Waals surface area contributed by atoms with Gasteiger partial charge in [0.15, 0.2) is 0 Å². The lowest BCUT2D eigenvalue weighted by atomic mass is 10.1. The van der Waals surface area contributed by atoms with Crippen molar-refractivity contribution in [3.63, 3.8) is 0 Å². The molecule has 0 saturated carbocycles. The summed E-state index contributed by atoms with van der Waals surface area (Å²) in [6.45, 7) is 2.26. The first kappa shape index (κ1) is 11.4. The molecular formula is C13H18S2. The Morgan fingerprint density at radius 3 is 2.93 bits per heavy atom. The van der Waals surface area contributed by atoms with Crippen molar-refractivity contribution < 1.29 is 0 Å². The fourth-order valence-corrected chi connectivity index (χ4v) is 3.22. The predicted octanol–water partition coefficient (Wildman–Crippen LogP) is 3.83. The molecule has 0 aromatic heterocycles. The van der Waals surface area contributed by atoms with Crippen LogP contribution in [-0.2, 0) is 12.8 Å². The number of rotatable bonds is 4. The first-order chi connectivity index (χ1) is 7.29. The number of fused-ring (bicyclic) bond motifs is 1. The Bertz CT molecular complexity index is 333. The van der Waals surface area contributed by atoms with Crippen LogP contribution in [0.15, 0.2) is 23.1 Å². The fraction of sp³-hybridized carbons (Fsp3) is 0.538. The Kier molecular flexibility index (Phi) is 4.04. The zero-order valence-electron chi connectivity index (χ0n) is 9.20. The lowest BCUT2D eigenvalue weighted by Gasteiger charge is -2.08. The third-order valence-corrected chi connectivity index (χ3v) is 4.86. The van der Waals surface area contributed by atoms with Crippen LogP contribution in [0.25, 0.3) is 0 Å². The van der Waals surface area contributed by atoms with Crippen molar-refractivity contribution in [1.82, 2.24) is 0 Å². The maximum Gasteiger partial charge on any atom is 0.00749 e. The van der Waals surface area contributed by atoms with Gasteiger partial charge in [0.25, 0.3) is 0 Å². The summed E-state index contributed by atoms with van der Waals surface area (Å²) < 4.78 is 0. The summed E-state index contributed by atoms with van der Waals surface area (Å²) in [5.74, 6) is 2.87. The van der Waals surface area contributed by atoms with Crippen molar-refractivity contribution in [3.05, 3.63) is 29.3 Å². The average molecular weight is 238 g/mol. The van der Waals surface area contributed by atoms with E-state index in [1.165, 1.54) is 29.9 Å². The molecule has 2 heteroatoms. The van der Waals surface area contributed by atoms with Gasteiger partial charge in [0.1, 0.15) is 0 Å². The third-order valence-electron chi connectivity index (χ3n) is 2.92. The Balaban J connectivity index is 1.98. The molecule has 1 aromatic rings. The summed E-state index contributed by atoms with van der Waals surface area (Å²) in [7, 11) is 0. The van der Waals surface area contributed by atoms with Crippen LogP contribution in [-0.4, -0.2) is 11.5 Å². The first-order valence-corrected chi connectivity index (χ1v) is 7.27. The second kappa shape index (κ2) is 5.31. The predicted molar refractivity (Wildman–Crippen MR) is 72.2 cm³/mol. The Labute approximate surface area is 102 Å². The highest BCUT2D eigenvalue weighted by atomic mass is 32.2. The molecule has 1 atom stereocenters. The zero-order valence-corrected chi connectivity index (χ0v) is 10.9. The number of aryl methyl sites for hydroxylation is 2. The number of thioether (sulfide) groups is 1. The SMILES string of the molecule is CC(CS)CSc1ccc2c(c1)CCC2. The van der Waals surface area contributed by atoms with E-state index in [9.17, 15) is 0 Å². The maximum absolute atomic E-state index is 4.31. The molecule has 1 unspecified atom stereocenters. The molecule has 0 aliphatic heterocycles. The van der Waals surface area contributed by atoms with Crippen LogP contribution in [0.5, 0.6) is 0 Å². The molecule has 2 rings (SSSR count). The van der Waals surface area contributed by atoms with Gasteiger partial charge in [-0.25, -0.2) is 0 Å². The molecule has 1 aliphatic rings. The summed E-state index contributed by atoms with van der Waals surface area (Å²) in [6.07, 6.45) is 3.91. The largest absolute Gasteiger partial charge is 0.179 e. The van der Waals surface area contributed by atoms with E-state index in [4.69, 9.17) is 0 Å². The highest BCUT2D eigenvalue weighted by molar-refractivity contribution is 7.99. The molecule has 0 nitrogen and oxygen atoms in total. The highest BCUT2D eigenvalue weighted by Crippen LogP contribution is 2.28. The number of thiol groups is 1. The fourth-order valence-electron chi connectivity index (χ4n) is 1.93. The van der Waals surface area contributed by atoms with E-state index in [1.54, 1.807) is 11.1 Å². The molecule has 82 valence electrons. The normalized spacial score (nSPS) is 16.4. The molecular weight excluding hydrogens is 220 g/mol. The van der Waals surface area contributed by atoms with Gasteiger partial charge in [-0.2, -0.15) is 12.6 Å². The van der Waals surface area contributed by atoms with Crippen molar-refractivity contribution in [2.24, 2.45) is 5.92 Å². The van der Waals surface area contributed by atoms with Crippen LogP contribution >= 0.6 is 24.4 Å². The number of benzene rings is 1. The van der Waals surface area contributed by atoms with Crippen molar-refractivity contribution in [1.29, 1.82) is 0 Å². The van der Waals surface area contributed by atoms with E-state index < -0.39 is 0 Å². The van der Waals surface area contributed by atoms with Gasteiger partial charge < -0.3 is 0 Å². The van der Waals surface area contributed by atoms with Gasteiger partial charge in [-0.05, 0) is 54.2 Å². The van der Waals surface area contributed by atoms with Crippen molar-refractivity contribution >= 4 is 24.4 Å². The van der Waals surface area contributed by atoms with Crippen molar-refractivity contribution in [3.8, 4) is 0 Å². The quantitative estimate of drug-likeness (QED) is 0.614. The van der Waals surface area contributed by atoms with E-state index in [0.717, 1.165) is 5.75 Å². The summed E-state index contributed by atoms with van der Waals surface area (Å²) in [4.78, 5) is 1.43. The van der Waals surface area contributed by atoms with Crippen LogP contribution < -0.4 is 0 Å². The molecule has 1 aliphatic carbocycles. The van der Waals surface area contributed by atoms with E-state index in [-0.39, 0.29) is 0 Å². The second-order valence-corrected chi connectivity index (χ2v) is 5.84. The molecule has 0 radical (unpaired) electrons. The monoisotopic (exact) mass is 238 g/mol. The molecule has 0 bridgehead atoms. The van der Waals surface area contributed by atoms with E-state index in [2.05, 4.69) is 37.8 Å². The Hall–Kier alpha value is -0.0800. The summed E-state index contributed by atoms with van der Waals surface area (Å²) >= 11 is 6.28. The van der Waals surface area contributed by atoms with Gasteiger partial charge in [-0.3, -0.25) is 0 Å². The third kappa shape index (κ3) is 2.94. The van der Waals surface area contributed by atoms with Crippen LogP contribution in [0.3, 0.4) is 0 Å². The minimum atomic E-state index is 0.701. The molecule has 0 saturated heterocycles. The smallest absolute Gasteiger partial charge is 0.00749 e. The van der Waals surface area contributed by atoms with Crippen LogP contribution in [0.2, 0.25) is 0 Å². The van der Waals surface area contributed by atoms with Crippen molar-refractivity contribution in [2.45, 2.75) is 31.1 Å². The van der Waals surface area contributed by atoms with Gasteiger partial charge in [0, 0.05) is 10.6 Å². The van der Waals surface area contributed by atoms with E-state index in [0.29, 0.717) is 5.92 Å². The highest BCUT2D eigenvalue weighted by Gasteiger charge is 2.11. The topological polar surface area (TPSA) is 0 Å². The molecule has 0 N–H and O–H groups in total. The summed E-state index contributed by atoms with van der Waals surface area (Å²) in [6, 6.07) is 6.98. The molecule has 0 spiro atoms. The number of hydrogen-bond acceptors (Lipinski definition) is 2. The van der Waals surface area contributed by atoms with E-state index >= 15 is 0 Å². The second-order valence-electron chi connectivity index (χ2n) is 4.38. The Morgan fingerprint density at radius 2 is 2.13 bits per heavy atom. The van der Waals surface area contributed by atoms with E-state index in [1.807, 2.05) is 11.8 Å². The van der Waals surface area contributed by atoms with Gasteiger partial charge in [0.2, 0.25) is 0 Å². The van der Waals surface area contributed by atoms with Crippen LogP contribution in [0.4, 0.5) is 0 Å². The molecule has 1 aromatic carbocycles. The van der Waals surface area contributed by atoms with Gasteiger partial charge in [0.05, 0.1) is 0 Å². The molecule has 0 fully saturated rings. The lowest BCUT2D eigenvalue weighted by Crippen LogP contribution is -1.99. The van der Waals surface area contributed by atoms with Crippen molar-refractivity contribution in [2.75, 3.05) is 11.5 Å². The lowest BCUT2D eigenvalue weighted by molar-refractivity contribution is 0.766. The maximum atomic E-state index is 4.31. The number of hydrogen-bond donors (Lipinski definition) is 1. The summed E-state index contributed by atoms with van der Waals surface area (Å²) in [5.41, 5.74) is 3.15. The molecule has 0 heterocycles. The van der Waals surface area contributed by atoms with Crippen LogP contribution in [0, 0.1) is 5.92 Å². The molecule has 15 heavy (non-hydrogen) atoms. The first-order valence-electron chi connectivity index (χ1n) is 5.65. The van der Waals surface area contributed by atoms with Crippen LogP contribution in [0.1, 0.15) is 24.5 Å². The van der Waals surface area contributed by atoms with Gasteiger partial charge in [-0.15, -0.1) is 11.8 Å². The van der Waals surface area contributed by atoms with Gasteiger partial charge >= 0.3 is 0 Å². The van der Waals surface area contributed by atoms with Gasteiger partial charge in [-0.1, -0.05) is 13.0 Å². The zero-order chi connectivity index (χ0) is 10.7.